The fourth-order valence-corrected chi connectivity index (χ4v) is 2.71. The molecule has 2 fully saturated rings. The first kappa shape index (κ1) is 25.4. The molecule has 0 aromatic heterocycles. The van der Waals surface area contributed by atoms with Crippen LogP contribution in [0.4, 0.5) is 0 Å². The molecule has 0 spiro atoms. The number of likely N-dealkylation sites (tertiary alicyclic amines) is 1. The van der Waals surface area contributed by atoms with E-state index >= 15 is 0 Å². The summed E-state index contributed by atoms with van der Waals surface area (Å²) >= 11 is 10.1. The molecule has 11 heteroatoms. The summed E-state index contributed by atoms with van der Waals surface area (Å²) in [5, 5.41) is 16.4. The van der Waals surface area contributed by atoms with E-state index in [2.05, 4.69) is 16.0 Å². The van der Waals surface area contributed by atoms with E-state index in [4.69, 9.17) is 28.3 Å². The quantitative estimate of drug-likeness (QED) is 0.459. The Morgan fingerprint density at radius 3 is 2.00 bits per heavy atom. The maximum absolute atomic E-state index is 11.1. The van der Waals surface area contributed by atoms with Gasteiger partial charge >= 0.3 is 5.97 Å². The number of alkyl halides is 2. The van der Waals surface area contributed by atoms with Crippen molar-refractivity contribution in [1.82, 2.24) is 20.9 Å². The van der Waals surface area contributed by atoms with E-state index in [0.717, 1.165) is 25.9 Å². The van der Waals surface area contributed by atoms with E-state index in [1.54, 1.807) is 11.8 Å². The van der Waals surface area contributed by atoms with E-state index < -0.39 is 5.97 Å². The fraction of sp³-hybridized carbons (Fsp3) is 0.750. The number of hydrogen-bond donors (Lipinski definition) is 4. The zero-order chi connectivity index (χ0) is 20.8. The number of nitrogens with one attached hydrogen (secondary N) is 3. The zero-order valence-corrected chi connectivity index (χ0v) is 17.1. The molecule has 2 unspecified atom stereocenters. The van der Waals surface area contributed by atoms with E-state index in [1.807, 2.05) is 0 Å². The lowest BCUT2D eigenvalue weighted by Crippen LogP contribution is -2.37. The number of hydrogen-bond acceptors (Lipinski definition) is 5. The average molecular weight is 427 g/mol. The highest BCUT2D eigenvalue weighted by Gasteiger charge is 2.25. The van der Waals surface area contributed by atoms with Crippen LogP contribution in [0.15, 0.2) is 0 Å². The van der Waals surface area contributed by atoms with E-state index in [-0.39, 0.29) is 35.5 Å². The van der Waals surface area contributed by atoms with Crippen molar-refractivity contribution in [2.45, 2.75) is 38.8 Å². The highest BCUT2D eigenvalue weighted by Crippen LogP contribution is 2.09. The molecule has 9 nitrogen and oxygen atoms in total. The van der Waals surface area contributed by atoms with Crippen molar-refractivity contribution < 1.29 is 24.3 Å². The van der Waals surface area contributed by atoms with Crippen molar-refractivity contribution in [3.63, 3.8) is 0 Å². The predicted molar refractivity (Wildman–Crippen MR) is 103 cm³/mol. The van der Waals surface area contributed by atoms with Crippen LogP contribution in [0.3, 0.4) is 0 Å². The monoisotopic (exact) mass is 426 g/mol. The van der Waals surface area contributed by atoms with Gasteiger partial charge in [0.1, 0.15) is 11.8 Å². The third-order valence-corrected chi connectivity index (χ3v) is 4.10. The summed E-state index contributed by atoms with van der Waals surface area (Å²) in [6, 6.07) is 0.479. The van der Waals surface area contributed by atoms with Crippen LogP contribution in [-0.4, -0.2) is 83.7 Å². The van der Waals surface area contributed by atoms with Gasteiger partial charge in [-0.05, 0) is 19.4 Å². The number of rotatable bonds is 4. The topological polar surface area (TPSA) is 128 Å². The number of carboxylic acid groups (broad SMARTS) is 1. The van der Waals surface area contributed by atoms with Crippen molar-refractivity contribution in [3.05, 3.63) is 0 Å². The van der Waals surface area contributed by atoms with Crippen molar-refractivity contribution in [2.75, 3.05) is 37.9 Å². The third-order valence-electron chi connectivity index (χ3n) is 3.64. The molecule has 0 aromatic carbocycles. The molecule has 0 radical (unpaired) electrons. The molecule has 156 valence electrons. The highest BCUT2D eigenvalue weighted by atomic mass is 35.5. The summed E-state index contributed by atoms with van der Waals surface area (Å²) in [6.07, 6.45) is 1.89. The van der Waals surface area contributed by atoms with Crippen LogP contribution in [0.2, 0.25) is 0 Å². The van der Waals surface area contributed by atoms with Crippen LogP contribution in [0, 0.1) is 0 Å². The van der Waals surface area contributed by atoms with Gasteiger partial charge in [0, 0.05) is 45.6 Å². The summed E-state index contributed by atoms with van der Waals surface area (Å²) < 4.78 is 0. The van der Waals surface area contributed by atoms with Crippen LogP contribution in [0.5, 0.6) is 0 Å². The normalized spacial score (nSPS) is 20.5. The van der Waals surface area contributed by atoms with Gasteiger partial charge in [-0.2, -0.15) is 0 Å². The number of aliphatic carboxylic acids is 1. The largest absolute Gasteiger partial charge is 0.480 e. The second-order valence-electron chi connectivity index (χ2n) is 6.08. The molecule has 0 aliphatic carbocycles. The highest BCUT2D eigenvalue weighted by molar-refractivity contribution is 6.27. The summed E-state index contributed by atoms with van der Waals surface area (Å²) in [7, 11) is 0. The average Bonchev–Trinajstić information content (AvgIpc) is 3.26. The number of amides is 3. The van der Waals surface area contributed by atoms with Gasteiger partial charge in [-0.3, -0.25) is 19.2 Å². The molecule has 27 heavy (non-hydrogen) atoms. The van der Waals surface area contributed by atoms with Crippen LogP contribution in [0.1, 0.15) is 26.7 Å². The van der Waals surface area contributed by atoms with Crippen molar-refractivity contribution in [2.24, 2.45) is 0 Å². The van der Waals surface area contributed by atoms with Crippen molar-refractivity contribution in [1.29, 1.82) is 0 Å². The third kappa shape index (κ3) is 13.3. The Balaban J connectivity index is 0.000000419. The minimum Gasteiger partial charge on any atom is -0.480 e. The molecular weight excluding hydrogens is 399 g/mol. The maximum atomic E-state index is 11.1. The minimum atomic E-state index is -0.980. The Labute approximate surface area is 169 Å². The van der Waals surface area contributed by atoms with Crippen LogP contribution in [-0.2, 0) is 19.2 Å². The lowest BCUT2D eigenvalue weighted by atomic mass is 10.3. The Kier molecular flexibility index (Phi) is 13.6. The summed E-state index contributed by atoms with van der Waals surface area (Å²) in [5.74, 6) is -1.30. The Morgan fingerprint density at radius 2 is 1.59 bits per heavy atom. The molecule has 0 bridgehead atoms. The Hall–Kier alpha value is -1.58. The van der Waals surface area contributed by atoms with E-state index in [9.17, 15) is 19.2 Å². The molecule has 2 atom stereocenters. The molecule has 2 aliphatic heterocycles. The van der Waals surface area contributed by atoms with Crippen LogP contribution < -0.4 is 16.0 Å². The lowest BCUT2D eigenvalue weighted by Gasteiger charge is -2.14. The van der Waals surface area contributed by atoms with Gasteiger partial charge in [-0.1, -0.05) is 0 Å². The number of nitrogens with zero attached hydrogens (tertiary/aromatic N) is 1. The SMILES string of the molecule is CC(=O)NC1CCN(C(=O)CCl)C1.CC(=O)NC1CCNC1.O=C(O)CCl. The maximum Gasteiger partial charge on any atom is 0.318 e. The number of carbonyl (C=O) groups is 4. The molecule has 4 N–H and O–H groups in total. The van der Waals surface area contributed by atoms with Gasteiger partial charge in [0.05, 0.1) is 0 Å². The van der Waals surface area contributed by atoms with Crippen LogP contribution in [0.25, 0.3) is 0 Å². The summed E-state index contributed by atoms with van der Waals surface area (Å²) in [4.78, 5) is 43.2. The van der Waals surface area contributed by atoms with Gasteiger partial charge in [0.25, 0.3) is 0 Å². The van der Waals surface area contributed by atoms with Gasteiger partial charge in [-0.15, -0.1) is 23.2 Å². The second-order valence-corrected chi connectivity index (χ2v) is 6.61. The summed E-state index contributed by atoms with van der Waals surface area (Å²) in [6.45, 7) is 6.27. The molecule has 0 aromatic rings. The number of halogens is 2. The molecule has 2 saturated heterocycles. The van der Waals surface area contributed by atoms with Crippen molar-refractivity contribution >= 4 is 46.9 Å². The van der Waals surface area contributed by atoms with Gasteiger partial charge in [0.2, 0.25) is 17.7 Å². The number of carbonyl (C=O) groups excluding carboxylic acids is 3. The predicted octanol–water partition coefficient (Wildman–Crippen LogP) is -0.244. The first-order valence-corrected chi connectivity index (χ1v) is 9.62. The number of carboxylic acids is 1. The van der Waals surface area contributed by atoms with Gasteiger partial charge in [-0.25, -0.2) is 0 Å². The molecule has 3 amide bonds. The molecule has 0 saturated carbocycles. The second kappa shape index (κ2) is 14.5. The first-order valence-electron chi connectivity index (χ1n) is 8.56. The Bertz CT molecular complexity index is 501. The van der Waals surface area contributed by atoms with Crippen LogP contribution >= 0.6 is 23.2 Å². The van der Waals surface area contributed by atoms with E-state index in [0.29, 0.717) is 19.1 Å². The molecule has 2 heterocycles. The molecule has 2 rings (SSSR count). The van der Waals surface area contributed by atoms with Gasteiger partial charge < -0.3 is 26.0 Å². The molecule has 2 aliphatic rings. The first-order chi connectivity index (χ1) is 12.7. The fourth-order valence-electron chi connectivity index (χ4n) is 2.54. The van der Waals surface area contributed by atoms with Crippen molar-refractivity contribution in [3.8, 4) is 0 Å². The Morgan fingerprint density at radius 1 is 1.04 bits per heavy atom. The van der Waals surface area contributed by atoms with E-state index in [1.165, 1.54) is 6.92 Å². The smallest absolute Gasteiger partial charge is 0.318 e. The minimum absolute atomic E-state index is 0.0206. The zero-order valence-electron chi connectivity index (χ0n) is 15.6. The van der Waals surface area contributed by atoms with Gasteiger partial charge in [0.15, 0.2) is 0 Å². The molecular formula is C16H28Cl2N4O5. The lowest BCUT2D eigenvalue weighted by molar-refractivity contribution is -0.134. The standard InChI is InChI=1S/C8H13ClN2O2.C6H12N2O.C2H3ClO2/c1-6(12)10-7-2-3-11(5-7)8(13)4-9;1-5(9)8-6-2-3-7-4-6;3-1-2(4)5/h7H,2-5H2,1H3,(H,10,12);6-7H,2-4H2,1H3,(H,8,9);1H2,(H,4,5). The summed E-state index contributed by atoms with van der Waals surface area (Å²) in [5.41, 5.74) is 0.